The molecule has 3 aromatic rings. The van der Waals surface area contributed by atoms with Crippen LogP contribution in [0.2, 0.25) is 0 Å². The highest BCUT2D eigenvalue weighted by Crippen LogP contribution is 2.21. The van der Waals surface area contributed by atoms with Crippen molar-refractivity contribution in [3.63, 3.8) is 0 Å². The number of hydrogen-bond donors (Lipinski definition) is 0. The summed E-state index contributed by atoms with van der Waals surface area (Å²) in [6.07, 6.45) is 3.45. The molecule has 0 saturated heterocycles. The Kier molecular flexibility index (Phi) is 4.19. The molecular formula is C18H15FN2O2. The standard InChI is InChI=1S/C18H15FN2O2/c1-23-18(22)14-8-6-13(7-9-14)12-21-11-10-20-17(21)15-4-2-3-5-16(15)19/h2-11H,12H2,1H3. The van der Waals surface area contributed by atoms with E-state index in [0.29, 0.717) is 23.5 Å². The van der Waals surface area contributed by atoms with Crippen LogP contribution >= 0.6 is 0 Å². The molecule has 0 amide bonds. The minimum absolute atomic E-state index is 0.305. The van der Waals surface area contributed by atoms with Gasteiger partial charge in [-0.1, -0.05) is 24.3 Å². The lowest BCUT2D eigenvalue weighted by Crippen LogP contribution is -2.04. The van der Waals surface area contributed by atoms with E-state index in [-0.39, 0.29) is 11.8 Å². The Morgan fingerprint density at radius 3 is 2.61 bits per heavy atom. The quantitative estimate of drug-likeness (QED) is 0.693. The van der Waals surface area contributed by atoms with Crippen LogP contribution < -0.4 is 0 Å². The third-order valence-corrected chi connectivity index (χ3v) is 3.56. The summed E-state index contributed by atoms with van der Waals surface area (Å²) in [6.45, 7) is 0.533. The molecule has 0 aliphatic carbocycles. The van der Waals surface area contributed by atoms with Crippen molar-refractivity contribution in [3.05, 3.63) is 77.9 Å². The molecule has 4 nitrogen and oxygen atoms in total. The van der Waals surface area contributed by atoms with Gasteiger partial charge < -0.3 is 9.30 Å². The van der Waals surface area contributed by atoms with Gasteiger partial charge in [0.05, 0.1) is 18.2 Å². The Hall–Kier alpha value is -2.95. The lowest BCUT2D eigenvalue weighted by Gasteiger charge is -2.09. The van der Waals surface area contributed by atoms with Crippen LogP contribution in [0.1, 0.15) is 15.9 Å². The molecule has 0 unspecified atom stereocenters. The van der Waals surface area contributed by atoms with Crippen molar-refractivity contribution in [1.29, 1.82) is 0 Å². The first kappa shape index (κ1) is 15.0. The average Bonchev–Trinajstić information content (AvgIpc) is 3.03. The first-order chi connectivity index (χ1) is 11.2. The predicted octanol–water partition coefficient (Wildman–Crippen LogP) is 3.52. The molecule has 5 heteroatoms. The number of imidazole rings is 1. The molecule has 0 atom stereocenters. The maximum absolute atomic E-state index is 13.9. The topological polar surface area (TPSA) is 44.1 Å². The normalized spacial score (nSPS) is 10.5. The lowest BCUT2D eigenvalue weighted by atomic mass is 10.1. The number of rotatable bonds is 4. The predicted molar refractivity (Wildman–Crippen MR) is 84.5 cm³/mol. The van der Waals surface area contributed by atoms with Crippen molar-refractivity contribution >= 4 is 5.97 Å². The number of hydrogen-bond acceptors (Lipinski definition) is 3. The van der Waals surface area contributed by atoms with Gasteiger partial charge in [-0.2, -0.15) is 0 Å². The molecule has 3 rings (SSSR count). The first-order valence-electron chi connectivity index (χ1n) is 7.12. The number of esters is 1. The van der Waals surface area contributed by atoms with Crippen LogP contribution in [0, 0.1) is 5.82 Å². The van der Waals surface area contributed by atoms with Crippen LogP contribution in [0.5, 0.6) is 0 Å². The minimum Gasteiger partial charge on any atom is -0.465 e. The van der Waals surface area contributed by atoms with E-state index >= 15 is 0 Å². The van der Waals surface area contributed by atoms with E-state index < -0.39 is 0 Å². The van der Waals surface area contributed by atoms with Crippen LogP contribution in [0.15, 0.2) is 60.9 Å². The van der Waals surface area contributed by atoms with E-state index in [2.05, 4.69) is 9.72 Å². The minimum atomic E-state index is -0.369. The number of halogens is 1. The fourth-order valence-electron chi connectivity index (χ4n) is 2.38. The number of aromatic nitrogens is 2. The van der Waals surface area contributed by atoms with Crippen molar-refractivity contribution in [3.8, 4) is 11.4 Å². The Bertz CT molecular complexity index is 825. The number of nitrogens with zero attached hydrogens (tertiary/aromatic N) is 2. The van der Waals surface area contributed by atoms with Gasteiger partial charge in [0.25, 0.3) is 0 Å². The van der Waals surface area contributed by atoms with E-state index in [1.54, 1.807) is 42.7 Å². The summed E-state index contributed by atoms with van der Waals surface area (Å²) in [7, 11) is 1.35. The molecule has 0 aliphatic rings. The van der Waals surface area contributed by atoms with Gasteiger partial charge >= 0.3 is 5.97 Å². The summed E-state index contributed by atoms with van der Waals surface area (Å²) in [4.78, 5) is 15.7. The van der Waals surface area contributed by atoms with Crippen molar-refractivity contribution in [2.75, 3.05) is 7.11 Å². The van der Waals surface area contributed by atoms with Crippen molar-refractivity contribution in [2.45, 2.75) is 6.54 Å². The van der Waals surface area contributed by atoms with Crippen molar-refractivity contribution < 1.29 is 13.9 Å². The van der Waals surface area contributed by atoms with Crippen molar-refractivity contribution in [1.82, 2.24) is 9.55 Å². The molecule has 1 heterocycles. The number of methoxy groups -OCH3 is 1. The molecule has 116 valence electrons. The number of ether oxygens (including phenoxy) is 1. The van der Waals surface area contributed by atoms with Crippen LogP contribution in [-0.4, -0.2) is 22.6 Å². The highest BCUT2D eigenvalue weighted by atomic mass is 19.1. The zero-order valence-electron chi connectivity index (χ0n) is 12.6. The van der Waals surface area contributed by atoms with Crippen LogP contribution in [0.3, 0.4) is 0 Å². The second-order valence-corrected chi connectivity index (χ2v) is 5.05. The molecule has 0 radical (unpaired) electrons. The Morgan fingerprint density at radius 2 is 1.91 bits per heavy atom. The summed E-state index contributed by atoms with van der Waals surface area (Å²) in [6, 6.07) is 13.7. The van der Waals surface area contributed by atoms with Gasteiger partial charge in [-0.3, -0.25) is 0 Å². The first-order valence-corrected chi connectivity index (χ1v) is 7.12. The molecular weight excluding hydrogens is 295 g/mol. The molecule has 23 heavy (non-hydrogen) atoms. The summed E-state index contributed by atoms with van der Waals surface area (Å²) in [5.74, 6) is -0.104. The molecule has 0 saturated carbocycles. The zero-order valence-corrected chi connectivity index (χ0v) is 12.6. The molecule has 0 fully saturated rings. The fourth-order valence-corrected chi connectivity index (χ4v) is 2.38. The molecule has 1 aromatic heterocycles. The van der Waals surface area contributed by atoms with Gasteiger partial charge in [0, 0.05) is 18.9 Å². The second-order valence-electron chi connectivity index (χ2n) is 5.05. The van der Waals surface area contributed by atoms with E-state index in [9.17, 15) is 9.18 Å². The zero-order chi connectivity index (χ0) is 16.2. The SMILES string of the molecule is COC(=O)c1ccc(Cn2ccnc2-c2ccccc2F)cc1. The van der Waals surface area contributed by atoms with Crippen molar-refractivity contribution in [2.24, 2.45) is 0 Å². The summed E-state index contributed by atoms with van der Waals surface area (Å²) in [5, 5.41) is 0. The number of benzene rings is 2. The van der Waals surface area contributed by atoms with E-state index in [4.69, 9.17) is 0 Å². The third kappa shape index (κ3) is 3.13. The molecule has 0 bridgehead atoms. The van der Waals surface area contributed by atoms with Gasteiger partial charge in [-0.15, -0.1) is 0 Å². The number of carbonyl (C=O) groups excluding carboxylic acids is 1. The Labute approximate surface area is 133 Å². The Balaban J connectivity index is 1.86. The van der Waals surface area contributed by atoms with Gasteiger partial charge in [0.2, 0.25) is 0 Å². The smallest absolute Gasteiger partial charge is 0.337 e. The average molecular weight is 310 g/mol. The van der Waals surface area contributed by atoms with Gasteiger partial charge in [0.15, 0.2) is 0 Å². The molecule has 0 aliphatic heterocycles. The van der Waals surface area contributed by atoms with E-state index in [0.717, 1.165) is 5.56 Å². The third-order valence-electron chi connectivity index (χ3n) is 3.56. The maximum Gasteiger partial charge on any atom is 0.337 e. The van der Waals surface area contributed by atoms with Gasteiger partial charge in [-0.05, 0) is 29.8 Å². The van der Waals surface area contributed by atoms with Gasteiger partial charge in [0.1, 0.15) is 11.6 Å². The highest BCUT2D eigenvalue weighted by molar-refractivity contribution is 5.89. The molecule has 0 N–H and O–H groups in total. The fraction of sp³-hybridized carbons (Fsp3) is 0.111. The highest BCUT2D eigenvalue weighted by Gasteiger charge is 2.11. The Morgan fingerprint density at radius 1 is 1.17 bits per heavy atom. The van der Waals surface area contributed by atoms with E-state index in [1.165, 1.54) is 13.2 Å². The van der Waals surface area contributed by atoms with Crippen LogP contribution in [-0.2, 0) is 11.3 Å². The van der Waals surface area contributed by atoms with Gasteiger partial charge in [-0.25, -0.2) is 14.2 Å². The van der Waals surface area contributed by atoms with E-state index in [1.807, 2.05) is 16.7 Å². The lowest BCUT2D eigenvalue weighted by molar-refractivity contribution is 0.0600. The summed E-state index contributed by atoms with van der Waals surface area (Å²) >= 11 is 0. The number of carbonyl (C=O) groups is 1. The molecule has 2 aromatic carbocycles. The second kappa shape index (κ2) is 6.44. The summed E-state index contributed by atoms with van der Waals surface area (Å²) < 4.78 is 20.5. The monoisotopic (exact) mass is 310 g/mol. The summed E-state index contributed by atoms with van der Waals surface area (Å²) in [5.41, 5.74) is 1.94. The van der Waals surface area contributed by atoms with Crippen LogP contribution in [0.25, 0.3) is 11.4 Å². The van der Waals surface area contributed by atoms with Crippen LogP contribution in [0.4, 0.5) is 4.39 Å². The molecule has 0 spiro atoms. The largest absolute Gasteiger partial charge is 0.465 e. The maximum atomic E-state index is 13.9.